The van der Waals surface area contributed by atoms with Crippen molar-refractivity contribution < 1.29 is 25.4 Å². The van der Waals surface area contributed by atoms with Gasteiger partial charge in [0.2, 0.25) is 0 Å². The minimum Gasteiger partial charge on any atom is -1.00 e. The molecule has 0 fully saturated rings. The molecule has 0 aliphatic heterocycles. The van der Waals surface area contributed by atoms with E-state index in [9.17, 15) is 8.42 Å². The first kappa shape index (κ1) is 19.4. The van der Waals surface area contributed by atoms with Crippen molar-refractivity contribution in [1.82, 2.24) is 8.28 Å². The molecular weight excluding hydrogens is 298 g/mol. The largest absolute Gasteiger partial charge is 1.00 e. The van der Waals surface area contributed by atoms with E-state index in [-0.39, 0.29) is 12.4 Å². The second-order valence-corrected chi connectivity index (χ2v) is 7.09. The molecule has 0 aromatic carbocycles. The fourth-order valence-corrected chi connectivity index (χ4v) is 2.73. The van der Waals surface area contributed by atoms with Crippen molar-refractivity contribution in [2.24, 2.45) is 0 Å². The molecule has 0 bridgehead atoms. The van der Waals surface area contributed by atoms with Crippen LogP contribution in [0.1, 0.15) is 45.4 Å². The Hall–Kier alpha value is -0.590. The van der Waals surface area contributed by atoms with Crippen molar-refractivity contribution in [2.75, 3.05) is 14.1 Å². The van der Waals surface area contributed by atoms with Gasteiger partial charge in [-0.15, -0.1) is 3.97 Å². The highest BCUT2D eigenvalue weighted by atomic mass is 35.5. The zero-order chi connectivity index (χ0) is 14.3. The molecular formula is C13H26ClN3O2S. The molecule has 1 rings (SSSR count). The zero-order valence-electron chi connectivity index (χ0n) is 12.6. The number of hydrogen-bond acceptors (Lipinski definition) is 2. The number of aryl methyl sites for hydroxylation is 1. The summed E-state index contributed by atoms with van der Waals surface area (Å²) in [6.45, 7) is 3.09. The third kappa shape index (κ3) is 5.81. The number of unbranched alkanes of at least 4 members (excludes halogenated alkanes) is 5. The molecule has 0 unspecified atom stereocenters. The molecule has 0 amide bonds. The Morgan fingerprint density at radius 2 is 1.70 bits per heavy atom. The van der Waals surface area contributed by atoms with Gasteiger partial charge in [-0.3, -0.25) is 0 Å². The first-order valence-corrected chi connectivity index (χ1v) is 8.38. The lowest BCUT2D eigenvalue weighted by atomic mass is 10.1. The van der Waals surface area contributed by atoms with E-state index in [2.05, 4.69) is 6.92 Å². The lowest BCUT2D eigenvalue weighted by Crippen LogP contribution is -3.00. The summed E-state index contributed by atoms with van der Waals surface area (Å²) in [5, 5.41) is 0. The summed E-state index contributed by atoms with van der Waals surface area (Å²) in [5.41, 5.74) is 0. The van der Waals surface area contributed by atoms with Gasteiger partial charge in [-0.05, 0) is 12.8 Å². The fourth-order valence-electron chi connectivity index (χ4n) is 1.91. The Labute approximate surface area is 129 Å². The third-order valence-electron chi connectivity index (χ3n) is 3.16. The average molecular weight is 324 g/mol. The molecule has 0 aliphatic carbocycles. The summed E-state index contributed by atoms with van der Waals surface area (Å²) in [6.07, 6.45) is 12.5. The van der Waals surface area contributed by atoms with Crippen LogP contribution in [0.4, 0.5) is 0 Å². The Balaban J connectivity index is 0.00000361. The lowest BCUT2D eigenvalue weighted by Gasteiger charge is -2.05. The van der Waals surface area contributed by atoms with Gasteiger partial charge in [0.15, 0.2) is 0 Å². The van der Waals surface area contributed by atoms with E-state index in [1.807, 2.05) is 10.8 Å². The summed E-state index contributed by atoms with van der Waals surface area (Å²) < 4.78 is 28.1. The average Bonchev–Trinajstić information content (AvgIpc) is 2.82. The predicted octanol–water partition coefficient (Wildman–Crippen LogP) is -1.21. The summed E-state index contributed by atoms with van der Waals surface area (Å²) in [7, 11) is -0.299. The monoisotopic (exact) mass is 323 g/mol. The molecule has 1 heterocycles. The maximum absolute atomic E-state index is 11.9. The van der Waals surface area contributed by atoms with E-state index in [0.717, 1.165) is 13.0 Å². The molecule has 1 aromatic rings. The molecule has 0 aliphatic rings. The van der Waals surface area contributed by atoms with Crippen LogP contribution in [0.15, 0.2) is 18.7 Å². The van der Waals surface area contributed by atoms with Gasteiger partial charge in [-0.1, -0.05) is 32.6 Å². The zero-order valence-corrected chi connectivity index (χ0v) is 14.2. The molecule has 0 radical (unpaired) electrons. The van der Waals surface area contributed by atoms with Crippen molar-refractivity contribution in [1.29, 1.82) is 0 Å². The fraction of sp³-hybridized carbons (Fsp3) is 0.769. The van der Waals surface area contributed by atoms with Crippen molar-refractivity contribution in [3.05, 3.63) is 18.7 Å². The third-order valence-corrected chi connectivity index (χ3v) is 4.84. The Morgan fingerprint density at radius 3 is 2.30 bits per heavy atom. The molecule has 1 aromatic heterocycles. The van der Waals surface area contributed by atoms with Crippen LogP contribution in [-0.2, 0) is 16.8 Å². The molecule has 0 spiro atoms. The van der Waals surface area contributed by atoms with Gasteiger partial charge in [0.05, 0.1) is 6.54 Å². The molecule has 118 valence electrons. The normalized spacial score (nSPS) is 11.6. The van der Waals surface area contributed by atoms with E-state index in [1.54, 1.807) is 12.5 Å². The van der Waals surface area contributed by atoms with Crippen molar-refractivity contribution in [2.45, 2.75) is 52.0 Å². The van der Waals surface area contributed by atoms with E-state index >= 15 is 0 Å². The van der Waals surface area contributed by atoms with Gasteiger partial charge in [-0.2, -0.15) is 12.7 Å². The van der Waals surface area contributed by atoms with Crippen molar-refractivity contribution >= 4 is 10.2 Å². The first-order valence-electron chi connectivity index (χ1n) is 6.98. The van der Waals surface area contributed by atoms with Crippen LogP contribution in [0.3, 0.4) is 0 Å². The molecule has 0 saturated heterocycles. The first-order chi connectivity index (χ1) is 8.98. The van der Waals surface area contributed by atoms with Gasteiger partial charge in [-0.25, -0.2) is 4.57 Å². The maximum Gasteiger partial charge on any atom is 0.379 e. The second kappa shape index (κ2) is 9.37. The van der Waals surface area contributed by atoms with Gasteiger partial charge in [0.1, 0.15) is 12.4 Å². The van der Waals surface area contributed by atoms with Crippen LogP contribution in [0.5, 0.6) is 0 Å². The molecule has 5 nitrogen and oxygen atoms in total. The Kier molecular flexibility index (Phi) is 9.09. The summed E-state index contributed by atoms with van der Waals surface area (Å²) in [4.78, 5) is 0. The smallest absolute Gasteiger partial charge is 0.379 e. The van der Waals surface area contributed by atoms with Crippen LogP contribution in [-0.4, -0.2) is 30.8 Å². The number of aromatic nitrogens is 2. The summed E-state index contributed by atoms with van der Waals surface area (Å²) >= 11 is 0. The van der Waals surface area contributed by atoms with E-state index in [1.165, 1.54) is 54.5 Å². The highest BCUT2D eigenvalue weighted by molar-refractivity contribution is 7.87. The molecule has 20 heavy (non-hydrogen) atoms. The van der Waals surface area contributed by atoms with Gasteiger partial charge in [0, 0.05) is 14.1 Å². The SMILES string of the molecule is CCCCCCCC[n+]1ccn(S(=O)(=O)N(C)C)c1.[Cl-]. The Morgan fingerprint density at radius 1 is 1.10 bits per heavy atom. The minimum absolute atomic E-state index is 0. The molecule has 0 N–H and O–H groups in total. The quantitative estimate of drug-likeness (QED) is 0.423. The van der Waals surface area contributed by atoms with Crippen molar-refractivity contribution in [3.63, 3.8) is 0 Å². The van der Waals surface area contributed by atoms with Gasteiger partial charge < -0.3 is 12.4 Å². The highest BCUT2D eigenvalue weighted by Crippen LogP contribution is 2.05. The van der Waals surface area contributed by atoms with Gasteiger partial charge in [0.25, 0.3) is 6.33 Å². The molecule has 0 atom stereocenters. The maximum atomic E-state index is 11.9. The Bertz CT molecular complexity index is 472. The van der Waals surface area contributed by atoms with E-state index < -0.39 is 10.2 Å². The van der Waals surface area contributed by atoms with Crippen LogP contribution >= 0.6 is 0 Å². The van der Waals surface area contributed by atoms with Gasteiger partial charge >= 0.3 is 10.2 Å². The number of imidazole rings is 1. The van der Waals surface area contributed by atoms with Crippen LogP contribution in [0, 0.1) is 0 Å². The standard InChI is InChI=1S/C13H26N3O2S.ClH/c1-4-5-6-7-8-9-10-15-11-12-16(13-15)19(17,18)14(2)3;/h11-13H,4-10H2,1-3H3;1H/q+1;/p-1. The molecule has 7 heteroatoms. The number of rotatable bonds is 9. The van der Waals surface area contributed by atoms with Crippen molar-refractivity contribution in [3.8, 4) is 0 Å². The molecule has 0 saturated carbocycles. The van der Waals surface area contributed by atoms with E-state index in [4.69, 9.17) is 0 Å². The van der Waals surface area contributed by atoms with Crippen LogP contribution in [0.25, 0.3) is 0 Å². The second-order valence-electron chi connectivity index (χ2n) is 5.04. The highest BCUT2D eigenvalue weighted by Gasteiger charge is 2.22. The summed E-state index contributed by atoms with van der Waals surface area (Å²) in [6, 6.07) is 0. The number of hydrogen-bond donors (Lipinski definition) is 0. The minimum atomic E-state index is -3.37. The lowest BCUT2D eigenvalue weighted by molar-refractivity contribution is -0.696. The number of halogens is 1. The predicted molar refractivity (Wildman–Crippen MR) is 76.0 cm³/mol. The van der Waals surface area contributed by atoms with Crippen LogP contribution < -0.4 is 17.0 Å². The number of nitrogens with zero attached hydrogens (tertiary/aromatic N) is 3. The summed E-state index contributed by atoms with van der Waals surface area (Å²) in [5.74, 6) is 0. The topological polar surface area (TPSA) is 46.2 Å². The van der Waals surface area contributed by atoms with E-state index in [0.29, 0.717) is 0 Å². The van der Waals surface area contributed by atoms with Crippen LogP contribution in [0.2, 0.25) is 0 Å².